The molecule has 0 bridgehead atoms. The van der Waals surface area contributed by atoms with Crippen molar-refractivity contribution in [1.82, 2.24) is 9.88 Å². The fourth-order valence-electron chi connectivity index (χ4n) is 5.27. The second kappa shape index (κ2) is 12.2. The molecule has 7 nitrogen and oxygen atoms in total. The molecular weight excluding hydrogens is 502 g/mol. The van der Waals surface area contributed by atoms with Crippen molar-refractivity contribution in [2.24, 2.45) is 0 Å². The van der Waals surface area contributed by atoms with E-state index in [0.717, 1.165) is 41.4 Å². The molecule has 1 atom stereocenters. The third-order valence-corrected chi connectivity index (χ3v) is 7.36. The van der Waals surface area contributed by atoms with Crippen molar-refractivity contribution >= 4 is 28.4 Å². The van der Waals surface area contributed by atoms with Gasteiger partial charge in [0.05, 0.1) is 41.4 Å². The number of methoxy groups -OCH3 is 1. The molecule has 1 aliphatic heterocycles. The third kappa shape index (κ3) is 5.64. The Morgan fingerprint density at radius 1 is 0.950 bits per heavy atom. The van der Waals surface area contributed by atoms with Crippen LogP contribution in [0.15, 0.2) is 72.9 Å². The van der Waals surface area contributed by atoms with Crippen molar-refractivity contribution in [1.29, 1.82) is 0 Å². The summed E-state index contributed by atoms with van der Waals surface area (Å²) in [5.74, 6) is 0.941. The molecule has 1 N–H and O–H groups in total. The number of rotatable bonds is 12. The highest BCUT2D eigenvalue weighted by molar-refractivity contribution is 6.21. The van der Waals surface area contributed by atoms with Gasteiger partial charge in [0, 0.05) is 24.8 Å². The van der Waals surface area contributed by atoms with Gasteiger partial charge >= 0.3 is 0 Å². The first-order valence-corrected chi connectivity index (χ1v) is 13.8. The Bertz CT molecular complexity index is 1480. The van der Waals surface area contributed by atoms with Gasteiger partial charge in [-0.2, -0.15) is 0 Å². The Kier molecular flexibility index (Phi) is 8.29. The minimum absolute atomic E-state index is 0.0723. The van der Waals surface area contributed by atoms with Gasteiger partial charge < -0.3 is 14.8 Å². The fourth-order valence-corrected chi connectivity index (χ4v) is 5.27. The van der Waals surface area contributed by atoms with Gasteiger partial charge in [-0.25, -0.2) is 0 Å². The van der Waals surface area contributed by atoms with Gasteiger partial charge in [0.1, 0.15) is 0 Å². The summed E-state index contributed by atoms with van der Waals surface area (Å²) in [4.78, 5) is 31.4. The Morgan fingerprint density at radius 2 is 1.65 bits per heavy atom. The van der Waals surface area contributed by atoms with Crippen LogP contribution in [0, 0.1) is 6.92 Å². The number of aromatic nitrogens is 1. The van der Waals surface area contributed by atoms with Crippen molar-refractivity contribution in [2.75, 3.05) is 25.6 Å². The molecule has 7 heteroatoms. The second-order valence-corrected chi connectivity index (χ2v) is 10.2. The highest BCUT2D eigenvalue weighted by atomic mass is 16.5. The van der Waals surface area contributed by atoms with E-state index >= 15 is 0 Å². The summed E-state index contributed by atoms with van der Waals surface area (Å²) in [7, 11) is 1.65. The molecule has 2 heterocycles. The molecular formula is C33H35N3O4. The number of hydrogen-bond donors (Lipinski definition) is 1. The summed E-state index contributed by atoms with van der Waals surface area (Å²) in [6.45, 7) is 5.09. The van der Waals surface area contributed by atoms with Crippen LogP contribution in [-0.2, 0) is 6.42 Å². The molecule has 2 amide bonds. The largest absolute Gasteiger partial charge is 0.493 e. The van der Waals surface area contributed by atoms with Gasteiger partial charge in [-0.3, -0.25) is 19.5 Å². The van der Waals surface area contributed by atoms with E-state index in [9.17, 15) is 9.59 Å². The minimum atomic E-state index is -0.212. The molecule has 0 saturated heterocycles. The predicted octanol–water partition coefficient (Wildman–Crippen LogP) is 6.44. The van der Waals surface area contributed by atoms with Crippen LogP contribution in [0.4, 0.5) is 5.69 Å². The number of pyridine rings is 1. The lowest BCUT2D eigenvalue weighted by Crippen LogP contribution is -2.31. The smallest absolute Gasteiger partial charge is 0.261 e. The number of hydrogen-bond acceptors (Lipinski definition) is 6. The number of benzene rings is 3. The summed E-state index contributed by atoms with van der Waals surface area (Å²) in [5, 5.41) is 4.51. The number of carbonyl (C=O) groups excluding carboxylic acids is 2. The van der Waals surface area contributed by atoms with E-state index in [1.807, 2.05) is 18.2 Å². The molecule has 206 valence electrons. The number of aryl methyl sites for hydroxylation is 2. The number of imide groups is 1. The molecule has 1 unspecified atom stereocenters. The molecule has 0 fully saturated rings. The Morgan fingerprint density at radius 3 is 2.35 bits per heavy atom. The summed E-state index contributed by atoms with van der Waals surface area (Å²) >= 11 is 0. The molecule has 3 aromatic carbocycles. The average Bonchev–Trinajstić information content (AvgIpc) is 3.21. The van der Waals surface area contributed by atoms with E-state index in [2.05, 4.69) is 43.4 Å². The lowest BCUT2D eigenvalue weighted by Gasteiger charge is -2.21. The maximum absolute atomic E-state index is 12.7. The van der Waals surface area contributed by atoms with Crippen LogP contribution in [0.3, 0.4) is 0 Å². The maximum Gasteiger partial charge on any atom is 0.261 e. The molecule has 40 heavy (non-hydrogen) atoms. The average molecular weight is 538 g/mol. The molecule has 1 aliphatic rings. The van der Waals surface area contributed by atoms with Gasteiger partial charge in [-0.15, -0.1) is 0 Å². The maximum atomic E-state index is 12.7. The third-order valence-electron chi connectivity index (χ3n) is 7.36. The monoisotopic (exact) mass is 537 g/mol. The first-order chi connectivity index (χ1) is 19.5. The van der Waals surface area contributed by atoms with E-state index in [1.165, 1.54) is 10.5 Å². The van der Waals surface area contributed by atoms with Gasteiger partial charge in [0.25, 0.3) is 11.8 Å². The number of anilines is 1. The summed E-state index contributed by atoms with van der Waals surface area (Å²) in [5.41, 5.74) is 5.01. The first-order valence-electron chi connectivity index (χ1n) is 13.8. The number of fused-ring (bicyclic) bond motifs is 2. The zero-order chi connectivity index (χ0) is 28.1. The number of nitrogens with zero attached hydrogens (tertiary/aromatic N) is 2. The van der Waals surface area contributed by atoms with E-state index in [1.54, 1.807) is 37.6 Å². The summed E-state index contributed by atoms with van der Waals surface area (Å²) in [6, 6.07) is 21.4. The zero-order valence-electron chi connectivity index (χ0n) is 23.3. The number of ether oxygens (including phenoxy) is 2. The second-order valence-electron chi connectivity index (χ2n) is 10.2. The Labute approximate surface area is 235 Å². The first kappa shape index (κ1) is 27.2. The normalized spacial score (nSPS) is 13.4. The fraction of sp³-hybridized carbons (Fsp3) is 0.303. The highest BCUT2D eigenvalue weighted by Gasteiger charge is 2.34. The lowest BCUT2D eigenvalue weighted by molar-refractivity contribution is 0.0651. The van der Waals surface area contributed by atoms with Crippen molar-refractivity contribution in [3.63, 3.8) is 0 Å². The summed E-state index contributed by atoms with van der Waals surface area (Å²) in [6.07, 6.45) is 5.08. The quantitative estimate of drug-likeness (QED) is 0.165. The van der Waals surface area contributed by atoms with Crippen LogP contribution in [-0.4, -0.2) is 48.0 Å². The van der Waals surface area contributed by atoms with Crippen LogP contribution >= 0.6 is 0 Å². The Balaban J connectivity index is 1.25. The van der Waals surface area contributed by atoms with Crippen molar-refractivity contribution in [3.8, 4) is 11.5 Å². The molecule has 0 saturated carbocycles. The zero-order valence-corrected chi connectivity index (χ0v) is 23.3. The lowest BCUT2D eigenvalue weighted by atomic mass is 10.1. The molecule has 5 rings (SSSR count). The van der Waals surface area contributed by atoms with Crippen molar-refractivity contribution in [2.45, 2.75) is 45.6 Å². The van der Waals surface area contributed by atoms with Crippen molar-refractivity contribution < 1.29 is 19.1 Å². The van der Waals surface area contributed by atoms with Crippen molar-refractivity contribution in [3.05, 3.63) is 95.2 Å². The standard InChI is InChI=1S/C33H35N3O4/c1-22-17-18-34-30-27(21-28(39-3)31(29(22)30)40-20-10-14-24-12-5-4-6-13-24)35-23(2)11-9-19-36-32(37)25-15-7-8-16-26(25)33(36)38/h4-8,12-13,15-18,21,23,35H,9-11,14,19-20H2,1-3H3. The van der Waals surface area contributed by atoms with Gasteiger partial charge in [0.2, 0.25) is 0 Å². The summed E-state index contributed by atoms with van der Waals surface area (Å²) < 4.78 is 12.1. The predicted molar refractivity (Wildman–Crippen MR) is 157 cm³/mol. The van der Waals surface area contributed by atoms with Crippen LogP contribution in [0.25, 0.3) is 10.9 Å². The van der Waals surface area contributed by atoms with E-state index < -0.39 is 0 Å². The molecule has 0 radical (unpaired) electrons. The van der Waals surface area contributed by atoms with Crippen LogP contribution in [0.1, 0.15) is 58.0 Å². The van der Waals surface area contributed by atoms with Gasteiger partial charge in [-0.05, 0) is 68.9 Å². The SMILES string of the molecule is COc1cc(NC(C)CCCN2C(=O)c3ccccc3C2=O)c2nccc(C)c2c1OCCCc1ccccc1. The minimum Gasteiger partial charge on any atom is -0.493 e. The van der Waals surface area contributed by atoms with E-state index in [0.29, 0.717) is 42.2 Å². The van der Waals surface area contributed by atoms with Gasteiger partial charge in [-0.1, -0.05) is 42.5 Å². The van der Waals surface area contributed by atoms with E-state index in [-0.39, 0.29) is 17.9 Å². The number of nitrogens with one attached hydrogen (secondary N) is 1. The molecule has 0 aliphatic carbocycles. The van der Waals surface area contributed by atoms with Crippen LogP contribution in [0.5, 0.6) is 11.5 Å². The van der Waals surface area contributed by atoms with E-state index in [4.69, 9.17) is 14.5 Å². The Hall–Kier alpha value is -4.39. The topological polar surface area (TPSA) is 80.8 Å². The number of amides is 2. The van der Waals surface area contributed by atoms with Gasteiger partial charge in [0.15, 0.2) is 11.5 Å². The number of carbonyl (C=O) groups is 2. The molecule has 0 spiro atoms. The molecule has 1 aromatic heterocycles. The highest BCUT2D eigenvalue weighted by Crippen LogP contribution is 2.41. The van der Waals surface area contributed by atoms with Crippen LogP contribution in [0.2, 0.25) is 0 Å². The molecule has 4 aromatic rings. The van der Waals surface area contributed by atoms with Crippen LogP contribution < -0.4 is 14.8 Å².